The molecule has 3 aromatic rings. The van der Waals surface area contributed by atoms with Crippen molar-refractivity contribution in [3.05, 3.63) is 82.4 Å². The SMILES string of the molecule is Cc1cc(CN(CC(=O)O)CC(=O)O)nc(CN(CCCCCCNC(=S)Nc2ccc(SC#N)cc2)Cc2cc(C)cc(CN(CC(=O)O)CC(=O)O)n2)c1. The van der Waals surface area contributed by atoms with Crippen molar-refractivity contribution in [1.82, 2.24) is 30.0 Å². The van der Waals surface area contributed by atoms with Crippen molar-refractivity contribution in [3.8, 4) is 5.40 Å². The van der Waals surface area contributed by atoms with Crippen molar-refractivity contribution in [2.24, 2.45) is 0 Å². The van der Waals surface area contributed by atoms with E-state index in [4.69, 9.17) is 27.4 Å². The molecule has 2 aromatic heterocycles. The van der Waals surface area contributed by atoms with Crippen LogP contribution < -0.4 is 10.6 Å². The minimum absolute atomic E-state index is 0.0417. The van der Waals surface area contributed by atoms with Gasteiger partial charge in [-0.1, -0.05) is 12.8 Å². The Bertz CT molecular complexity index is 1740. The van der Waals surface area contributed by atoms with Crippen LogP contribution in [0.15, 0.2) is 53.4 Å². The summed E-state index contributed by atoms with van der Waals surface area (Å²) in [5.41, 5.74) is 5.13. The number of thiocyanates is 1. The molecular weight excluding hydrogens is 761 g/mol. The molecule has 0 aliphatic rings. The third-order valence-electron chi connectivity index (χ3n) is 8.09. The zero-order valence-electron chi connectivity index (χ0n) is 31.4. The molecule has 0 fully saturated rings. The zero-order chi connectivity index (χ0) is 41.0. The Kier molecular flexibility index (Phi) is 19.1. The number of carboxylic acids is 4. The summed E-state index contributed by atoms with van der Waals surface area (Å²) < 4.78 is 0. The van der Waals surface area contributed by atoms with E-state index in [0.29, 0.717) is 42.7 Å². The molecule has 0 radical (unpaired) electrons. The van der Waals surface area contributed by atoms with Crippen molar-refractivity contribution in [2.45, 2.75) is 70.6 Å². The van der Waals surface area contributed by atoms with Crippen LogP contribution in [0, 0.1) is 24.5 Å². The smallest absolute Gasteiger partial charge is 0.317 e. The summed E-state index contributed by atoms with van der Waals surface area (Å²) in [6.45, 7) is 4.28. The van der Waals surface area contributed by atoms with Gasteiger partial charge < -0.3 is 31.1 Å². The van der Waals surface area contributed by atoms with E-state index in [1.807, 2.05) is 55.6 Å². The topological polar surface area (TPSA) is 233 Å². The number of thioether (sulfide) groups is 1. The lowest BCUT2D eigenvalue weighted by molar-refractivity contribution is -0.144. The van der Waals surface area contributed by atoms with Crippen molar-refractivity contribution >= 4 is 58.7 Å². The molecule has 1 aromatic carbocycles. The molecule has 3 rings (SSSR count). The molecule has 6 N–H and O–H groups in total. The first-order chi connectivity index (χ1) is 26.7. The van der Waals surface area contributed by atoms with Gasteiger partial charge in [0.15, 0.2) is 5.11 Å². The Hall–Kier alpha value is -5.19. The van der Waals surface area contributed by atoms with Crippen molar-refractivity contribution < 1.29 is 39.6 Å². The number of carboxylic acid groups (broad SMARTS) is 4. The quantitative estimate of drug-likeness (QED) is 0.0305. The minimum Gasteiger partial charge on any atom is -0.480 e. The molecule has 0 bridgehead atoms. The maximum absolute atomic E-state index is 11.4. The van der Waals surface area contributed by atoms with E-state index in [1.54, 1.807) is 12.1 Å². The first-order valence-electron chi connectivity index (χ1n) is 17.9. The highest BCUT2D eigenvalue weighted by atomic mass is 32.2. The number of nitrogens with zero attached hydrogens (tertiary/aromatic N) is 6. The molecule has 2 heterocycles. The van der Waals surface area contributed by atoms with E-state index < -0.39 is 50.1 Å². The number of nitrogens with one attached hydrogen (secondary N) is 2. The molecule has 0 saturated carbocycles. The van der Waals surface area contributed by atoms with Gasteiger partial charge >= 0.3 is 23.9 Å². The second kappa shape index (κ2) is 23.7. The first kappa shape index (κ1) is 45.2. The Balaban J connectivity index is 1.69. The number of benzene rings is 1. The Morgan fingerprint density at radius 3 is 1.50 bits per heavy atom. The minimum atomic E-state index is -1.14. The normalized spacial score (nSPS) is 11.1. The van der Waals surface area contributed by atoms with Gasteiger partial charge in [-0.2, -0.15) is 5.26 Å². The molecule has 0 spiro atoms. The zero-order valence-corrected chi connectivity index (χ0v) is 33.1. The molecule has 0 unspecified atom stereocenters. The maximum atomic E-state index is 11.4. The van der Waals surface area contributed by atoms with E-state index in [1.165, 1.54) is 9.80 Å². The molecule has 18 heteroatoms. The third kappa shape index (κ3) is 18.4. The van der Waals surface area contributed by atoms with Gasteiger partial charge in [-0.25, -0.2) is 0 Å². The number of rotatable bonds is 25. The van der Waals surface area contributed by atoms with E-state index in [9.17, 15) is 39.6 Å². The number of hydrogen-bond donors (Lipinski definition) is 6. The largest absolute Gasteiger partial charge is 0.480 e. The lowest BCUT2D eigenvalue weighted by Crippen LogP contribution is -2.34. The summed E-state index contributed by atoms with van der Waals surface area (Å²) in [6.07, 6.45) is 3.60. The van der Waals surface area contributed by atoms with Crippen LogP contribution in [0.3, 0.4) is 0 Å². The molecule has 56 heavy (non-hydrogen) atoms. The van der Waals surface area contributed by atoms with Gasteiger partial charge in [0.1, 0.15) is 5.40 Å². The fourth-order valence-corrected chi connectivity index (χ4v) is 6.64. The van der Waals surface area contributed by atoms with Gasteiger partial charge in [0.2, 0.25) is 0 Å². The van der Waals surface area contributed by atoms with Crippen molar-refractivity contribution in [3.63, 3.8) is 0 Å². The summed E-state index contributed by atoms with van der Waals surface area (Å²) in [6, 6.07) is 14.9. The number of unbranched alkanes of at least 4 members (excludes halogenated alkanes) is 3. The van der Waals surface area contributed by atoms with E-state index in [-0.39, 0.29) is 13.1 Å². The number of aromatic nitrogens is 2. The number of aryl methyl sites for hydroxylation is 2. The predicted molar refractivity (Wildman–Crippen MR) is 214 cm³/mol. The molecule has 0 saturated heterocycles. The molecule has 0 aliphatic heterocycles. The highest BCUT2D eigenvalue weighted by Gasteiger charge is 2.18. The highest BCUT2D eigenvalue weighted by molar-refractivity contribution is 8.03. The molecule has 0 atom stereocenters. The standard InChI is InChI=1S/C38H48N8O8S2/c1-26-13-29(41-31(15-26)19-45(21-34(47)48)22-35(49)50)17-44(18-30-14-27(2)16-32(42-30)20-46(23-36(51)52)24-37(53)54)12-6-4-3-5-11-40-38(55)43-28-7-9-33(10-8-28)56-25-39/h7-10,13-16H,3-6,11-12,17-24H2,1-2H3,(H,47,48)(H,49,50)(H,51,52)(H,53,54)(H2,40,43,55). The number of aliphatic carboxylic acids is 4. The summed E-state index contributed by atoms with van der Waals surface area (Å²) in [5, 5.41) is 55.0. The van der Waals surface area contributed by atoms with Crippen LogP contribution in [0.5, 0.6) is 0 Å². The first-order valence-corrected chi connectivity index (χ1v) is 19.1. The Morgan fingerprint density at radius 2 is 1.09 bits per heavy atom. The van der Waals surface area contributed by atoms with Crippen LogP contribution in [0.1, 0.15) is 59.6 Å². The molecular formula is C38H48N8O8S2. The second-order valence-electron chi connectivity index (χ2n) is 13.3. The van der Waals surface area contributed by atoms with E-state index in [2.05, 4.69) is 15.5 Å². The molecule has 0 aliphatic carbocycles. The van der Waals surface area contributed by atoms with Crippen molar-refractivity contribution in [2.75, 3.05) is 44.6 Å². The fourth-order valence-electron chi connectivity index (χ4n) is 6.04. The number of thiocarbonyl (C=S) groups is 1. The van der Waals surface area contributed by atoms with Gasteiger partial charge in [0.25, 0.3) is 0 Å². The number of carbonyl (C=O) groups is 4. The number of pyridine rings is 2. The van der Waals surface area contributed by atoms with Gasteiger partial charge in [-0.3, -0.25) is 43.8 Å². The van der Waals surface area contributed by atoms with Gasteiger partial charge in [-0.05, 0) is 117 Å². The molecule has 300 valence electrons. The number of anilines is 1. The maximum Gasteiger partial charge on any atom is 0.317 e. The van der Waals surface area contributed by atoms with E-state index >= 15 is 0 Å². The fraction of sp³-hybridized carbons (Fsp3) is 0.421. The summed E-state index contributed by atoms with van der Waals surface area (Å²) >= 11 is 6.52. The number of hydrogen-bond acceptors (Lipinski definition) is 12. The third-order valence-corrected chi connectivity index (χ3v) is 8.94. The average Bonchev–Trinajstić information content (AvgIpc) is 3.07. The molecule has 16 nitrogen and oxygen atoms in total. The van der Waals surface area contributed by atoms with Crippen LogP contribution >= 0.6 is 24.0 Å². The Morgan fingerprint density at radius 1 is 0.679 bits per heavy atom. The second-order valence-corrected chi connectivity index (χ2v) is 14.6. The van der Waals surface area contributed by atoms with Crippen molar-refractivity contribution in [1.29, 1.82) is 5.26 Å². The van der Waals surface area contributed by atoms with Gasteiger partial charge in [-0.15, -0.1) is 0 Å². The lowest BCUT2D eigenvalue weighted by Gasteiger charge is -2.24. The van der Waals surface area contributed by atoms with Gasteiger partial charge in [0, 0.05) is 43.3 Å². The predicted octanol–water partition coefficient (Wildman–Crippen LogP) is 4.16. The summed E-state index contributed by atoms with van der Waals surface area (Å²) in [5.74, 6) is -4.56. The number of nitriles is 1. The monoisotopic (exact) mass is 808 g/mol. The van der Waals surface area contributed by atoms with Gasteiger partial charge in [0.05, 0.1) is 49.0 Å². The Labute approximate surface area is 335 Å². The van der Waals surface area contributed by atoms with Crippen LogP contribution in [-0.2, 0) is 45.4 Å². The lowest BCUT2D eigenvalue weighted by atomic mass is 10.1. The average molecular weight is 809 g/mol. The summed E-state index contributed by atoms with van der Waals surface area (Å²) in [7, 11) is 0. The molecule has 0 amide bonds. The van der Waals surface area contributed by atoms with E-state index in [0.717, 1.165) is 70.5 Å². The van der Waals surface area contributed by atoms with Crippen LogP contribution in [0.25, 0.3) is 0 Å². The highest BCUT2D eigenvalue weighted by Crippen LogP contribution is 2.19. The summed E-state index contributed by atoms with van der Waals surface area (Å²) in [4.78, 5) is 60.8. The van der Waals surface area contributed by atoms with Crippen LogP contribution in [-0.4, -0.2) is 113 Å². The van der Waals surface area contributed by atoms with Crippen LogP contribution in [0.2, 0.25) is 0 Å². The van der Waals surface area contributed by atoms with Crippen LogP contribution in [0.4, 0.5) is 5.69 Å².